The van der Waals surface area contributed by atoms with Crippen molar-refractivity contribution in [2.24, 2.45) is 0 Å². The molecule has 0 aliphatic heterocycles. The topological polar surface area (TPSA) is 47.0 Å². The molecule has 0 amide bonds. The highest BCUT2D eigenvalue weighted by Crippen LogP contribution is 2.31. The summed E-state index contributed by atoms with van der Waals surface area (Å²) < 4.78 is 5.33. The van der Waals surface area contributed by atoms with Gasteiger partial charge in [0, 0.05) is 13.0 Å². The fraction of sp³-hybridized carbons (Fsp3) is 0.385. The molecule has 0 spiro atoms. The number of aromatic nitrogens is 2. The smallest absolute Gasteiger partial charge is 0.151 e. The Kier molecular flexibility index (Phi) is 4.66. The van der Waals surface area contributed by atoms with E-state index in [1.54, 1.807) is 18.4 Å². The first-order chi connectivity index (χ1) is 8.85. The SMILES string of the molecule is CCNCCc1nnc(-c2ccccc2OC)s1. The Bertz CT molecular complexity index is 498. The molecule has 0 saturated carbocycles. The van der Waals surface area contributed by atoms with Gasteiger partial charge in [0.25, 0.3) is 0 Å². The molecule has 96 valence electrons. The summed E-state index contributed by atoms with van der Waals surface area (Å²) in [6, 6.07) is 7.88. The highest BCUT2D eigenvalue weighted by atomic mass is 32.1. The van der Waals surface area contributed by atoms with E-state index in [1.807, 2.05) is 24.3 Å². The van der Waals surface area contributed by atoms with Crippen LogP contribution in [0.5, 0.6) is 5.75 Å². The lowest BCUT2D eigenvalue weighted by Crippen LogP contribution is -2.15. The summed E-state index contributed by atoms with van der Waals surface area (Å²) >= 11 is 1.62. The van der Waals surface area contributed by atoms with Crippen molar-refractivity contribution in [3.05, 3.63) is 29.3 Å². The van der Waals surface area contributed by atoms with Crippen molar-refractivity contribution in [2.45, 2.75) is 13.3 Å². The van der Waals surface area contributed by atoms with E-state index in [0.717, 1.165) is 40.8 Å². The minimum Gasteiger partial charge on any atom is -0.496 e. The molecule has 0 aliphatic carbocycles. The summed E-state index contributed by atoms with van der Waals surface area (Å²) in [5.74, 6) is 0.840. The third-order valence-corrected chi connectivity index (χ3v) is 3.59. The zero-order chi connectivity index (χ0) is 12.8. The van der Waals surface area contributed by atoms with Crippen LogP contribution >= 0.6 is 11.3 Å². The maximum atomic E-state index is 5.33. The summed E-state index contributed by atoms with van der Waals surface area (Å²) in [6.07, 6.45) is 0.917. The highest BCUT2D eigenvalue weighted by Gasteiger charge is 2.10. The predicted molar refractivity (Wildman–Crippen MR) is 74.1 cm³/mol. The average molecular weight is 263 g/mol. The Morgan fingerprint density at radius 2 is 2.11 bits per heavy atom. The molecule has 0 atom stereocenters. The minimum absolute atomic E-state index is 0.840. The Morgan fingerprint density at radius 1 is 1.28 bits per heavy atom. The van der Waals surface area contributed by atoms with Gasteiger partial charge in [-0.25, -0.2) is 0 Å². The largest absolute Gasteiger partial charge is 0.496 e. The normalized spacial score (nSPS) is 10.6. The van der Waals surface area contributed by atoms with E-state index in [-0.39, 0.29) is 0 Å². The summed E-state index contributed by atoms with van der Waals surface area (Å²) in [7, 11) is 1.67. The van der Waals surface area contributed by atoms with Crippen LogP contribution in [0.15, 0.2) is 24.3 Å². The number of rotatable bonds is 6. The van der Waals surface area contributed by atoms with Gasteiger partial charge in [-0.1, -0.05) is 30.4 Å². The average Bonchev–Trinajstić information content (AvgIpc) is 2.88. The molecule has 5 heteroatoms. The second-order valence-corrected chi connectivity index (χ2v) is 4.87. The van der Waals surface area contributed by atoms with Crippen LogP contribution in [0, 0.1) is 0 Å². The zero-order valence-electron chi connectivity index (χ0n) is 10.6. The van der Waals surface area contributed by atoms with Gasteiger partial charge >= 0.3 is 0 Å². The number of hydrogen-bond donors (Lipinski definition) is 1. The Morgan fingerprint density at radius 3 is 2.89 bits per heavy atom. The third kappa shape index (κ3) is 3.05. The number of ether oxygens (including phenoxy) is 1. The molecule has 0 fully saturated rings. The molecule has 0 radical (unpaired) electrons. The van der Waals surface area contributed by atoms with Crippen molar-refractivity contribution >= 4 is 11.3 Å². The summed E-state index contributed by atoms with van der Waals surface area (Å²) in [6.45, 7) is 4.02. The lowest BCUT2D eigenvalue weighted by Gasteiger charge is -2.03. The maximum absolute atomic E-state index is 5.33. The van der Waals surface area contributed by atoms with E-state index in [2.05, 4.69) is 22.4 Å². The molecule has 0 unspecified atom stereocenters. The standard InChI is InChI=1S/C13H17N3OS/c1-3-14-9-8-12-15-16-13(18-12)10-6-4-5-7-11(10)17-2/h4-7,14H,3,8-9H2,1-2H3. The van der Waals surface area contributed by atoms with E-state index in [4.69, 9.17) is 4.74 Å². The van der Waals surface area contributed by atoms with Crippen molar-refractivity contribution < 1.29 is 4.74 Å². The first-order valence-corrected chi connectivity index (χ1v) is 6.83. The molecule has 0 aliphatic rings. The van der Waals surface area contributed by atoms with Crippen molar-refractivity contribution in [3.63, 3.8) is 0 Å². The Labute approximate surface area is 111 Å². The van der Waals surface area contributed by atoms with Crippen molar-refractivity contribution in [1.82, 2.24) is 15.5 Å². The Balaban J connectivity index is 2.13. The molecule has 4 nitrogen and oxygen atoms in total. The van der Waals surface area contributed by atoms with Gasteiger partial charge < -0.3 is 10.1 Å². The van der Waals surface area contributed by atoms with Gasteiger partial charge in [-0.3, -0.25) is 0 Å². The van der Waals surface area contributed by atoms with Gasteiger partial charge in [-0.15, -0.1) is 10.2 Å². The van der Waals surface area contributed by atoms with Gasteiger partial charge in [0.15, 0.2) is 5.01 Å². The summed E-state index contributed by atoms with van der Waals surface area (Å²) in [5.41, 5.74) is 1.01. The number of methoxy groups -OCH3 is 1. The van der Waals surface area contributed by atoms with Crippen LogP contribution < -0.4 is 10.1 Å². The van der Waals surface area contributed by atoms with E-state index in [1.165, 1.54) is 0 Å². The van der Waals surface area contributed by atoms with Crippen molar-refractivity contribution in [1.29, 1.82) is 0 Å². The van der Waals surface area contributed by atoms with Crippen LogP contribution in [-0.2, 0) is 6.42 Å². The van der Waals surface area contributed by atoms with E-state index in [9.17, 15) is 0 Å². The molecule has 18 heavy (non-hydrogen) atoms. The van der Waals surface area contributed by atoms with E-state index < -0.39 is 0 Å². The van der Waals surface area contributed by atoms with Crippen LogP contribution in [0.25, 0.3) is 10.6 Å². The highest BCUT2D eigenvalue weighted by molar-refractivity contribution is 7.14. The van der Waals surface area contributed by atoms with Gasteiger partial charge in [-0.05, 0) is 18.7 Å². The number of hydrogen-bond acceptors (Lipinski definition) is 5. The lowest BCUT2D eigenvalue weighted by atomic mass is 10.2. The van der Waals surface area contributed by atoms with Crippen molar-refractivity contribution in [2.75, 3.05) is 20.2 Å². The monoisotopic (exact) mass is 263 g/mol. The van der Waals surface area contributed by atoms with Gasteiger partial charge in [0.05, 0.1) is 12.7 Å². The fourth-order valence-electron chi connectivity index (χ4n) is 1.66. The minimum atomic E-state index is 0.840. The molecule has 2 rings (SSSR count). The molecule has 1 aromatic heterocycles. The molecule has 1 N–H and O–H groups in total. The predicted octanol–water partition coefficient (Wildman–Crippen LogP) is 2.37. The lowest BCUT2D eigenvalue weighted by molar-refractivity contribution is 0.416. The summed E-state index contributed by atoms with van der Waals surface area (Å²) in [5, 5.41) is 13.7. The Hall–Kier alpha value is -1.46. The molecule has 1 aromatic carbocycles. The van der Waals surface area contributed by atoms with E-state index in [0.29, 0.717) is 0 Å². The first kappa shape index (κ1) is 13.0. The van der Waals surface area contributed by atoms with Crippen LogP contribution in [0.1, 0.15) is 11.9 Å². The molecule has 0 bridgehead atoms. The van der Waals surface area contributed by atoms with E-state index >= 15 is 0 Å². The van der Waals surface area contributed by atoms with Gasteiger partial charge in [0.1, 0.15) is 10.8 Å². The molecular weight excluding hydrogens is 246 g/mol. The van der Waals surface area contributed by atoms with Crippen LogP contribution in [0.3, 0.4) is 0 Å². The molecule has 2 aromatic rings. The second kappa shape index (κ2) is 6.47. The zero-order valence-corrected chi connectivity index (χ0v) is 11.5. The van der Waals surface area contributed by atoms with Gasteiger partial charge in [-0.2, -0.15) is 0 Å². The second-order valence-electron chi connectivity index (χ2n) is 3.80. The molecule has 1 heterocycles. The number of nitrogens with zero attached hydrogens (tertiary/aromatic N) is 2. The van der Waals surface area contributed by atoms with Crippen LogP contribution in [0.2, 0.25) is 0 Å². The summed E-state index contributed by atoms with van der Waals surface area (Å²) in [4.78, 5) is 0. The van der Waals surface area contributed by atoms with Gasteiger partial charge in [0.2, 0.25) is 0 Å². The number of likely N-dealkylation sites (N-methyl/N-ethyl adjacent to an activating group) is 1. The van der Waals surface area contributed by atoms with Crippen LogP contribution in [0.4, 0.5) is 0 Å². The first-order valence-electron chi connectivity index (χ1n) is 6.01. The number of para-hydroxylation sites is 1. The van der Waals surface area contributed by atoms with Crippen molar-refractivity contribution in [3.8, 4) is 16.3 Å². The number of benzene rings is 1. The quantitative estimate of drug-likeness (QED) is 0.813. The number of nitrogens with one attached hydrogen (secondary N) is 1. The third-order valence-electron chi connectivity index (χ3n) is 2.57. The molecule has 0 saturated heterocycles. The maximum Gasteiger partial charge on any atom is 0.151 e. The molecular formula is C13H17N3OS. The van der Waals surface area contributed by atoms with Crippen LogP contribution in [-0.4, -0.2) is 30.4 Å². The fourth-order valence-corrected chi connectivity index (χ4v) is 2.53.